The average molecular weight is 380 g/mol. The predicted octanol–water partition coefficient (Wildman–Crippen LogP) is 4.29. The zero-order chi connectivity index (χ0) is 19.7. The molecule has 5 nitrogen and oxygen atoms in total. The molecule has 1 N–H and O–H groups in total. The number of amides is 1. The Hall–Kier alpha value is -2.56. The smallest absolute Gasteiger partial charge is 0.315 e. The van der Waals surface area contributed by atoms with Crippen molar-refractivity contribution < 1.29 is 14.3 Å². The second kappa shape index (κ2) is 7.82. The number of likely N-dealkylation sites (tertiary alicyclic amines) is 1. The number of nitrogens with zero attached hydrogens (tertiary/aromatic N) is 1. The number of hydrogen-bond donors (Lipinski definition) is 1. The molecule has 1 saturated heterocycles. The molecule has 148 valence electrons. The van der Waals surface area contributed by atoms with Crippen LogP contribution in [-0.2, 0) is 20.7 Å². The zero-order valence-corrected chi connectivity index (χ0v) is 16.7. The summed E-state index contributed by atoms with van der Waals surface area (Å²) in [4.78, 5) is 30.6. The number of carbonyl (C=O) groups excluding carboxylic acids is 2. The molecule has 1 aliphatic carbocycles. The van der Waals surface area contributed by atoms with Crippen LogP contribution < -0.4 is 0 Å². The molecular weight excluding hydrogens is 352 g/mol. The zero-order valence-electron chi connectivity index (χ0n) is 16.7. The van der Waals surface area contributed by atoms with Crippen LogP contribution in [0, 0.1) is 5.92 Å². The Balaban J connectivity index is 1.85. The number of hydrogen-bond acceptors (Lipinski definition) is 3. The summed E-state index contributed by atoms with van der Waals surface area (Å²) in [5.74, 6) is -0.287. The summed E-state index contributed by atoms with van der Waals surface area (Å²) >= 11 is 0. The summed E-state index contributed by atoms with van der Waals surface area (Å²) in [6.45, 7) is 5.13. The minimum absolute atomic E-state index is 0.0537. The number of ether oxygens (including phenoxy) is 1. The Morgan fingerprint density at radius 2 is 2.14 bits per heavy atom. The Morgan fingerprint density at radius 1 is 1.32 bits per heavy atom. The molecule has 0 radical (unpaired) electrons. The van der Waals surface area contributed by atoms with Crippen LogP contribution in [0.15, 0.2) is 36.0 Å². The summed E-state index contributed by atoms with van der Waals surface area (Å²) in [5, 5.41) is 1.15. The van der Waals surface area contributed by atoms with Crippen LogP contribution in [0.3, 0.4) is 0 Å². The fourth-order valence-electron chi connectivity index (χ4n) is 4.75. The first-order chi connectivity index (χ1) is 13.6. The number of fused-ring (bicyclic) bond motifs is 3. The fourth-order valence-corrected chi connectivity index (χ4v) is 4.75. The van der Waals surface area contributed by atoms with Gasteiger partial charge >= 0.3 is 5.97 Å². The van der Waals surface area contributed by atoms with Crippen molar-refractivity contribution in [1.82, 2.24) is 9.88 Å². The normalized spacial score (nSPS) is 23.4. The van der Waals surface area contributed by atoms with Crippen LogP contribution >= 0.6 is 0 Å². The minimum Gasteiger partial charge on any atom is -0.465 e. The third-order valence-corrected chi connectivity index (χ3v) is 5.99. The van der Waals surface area contributed by atoms with Gasteiger partial charge in [0.25, 0.3) is 0 Å². The number of rotatable bonds is 5. The van der Waals surface area contributed by atoms with Gasteiger partial charge in [-0.05, 0) is 43.4 Å². The highest BCUT2D eigenvalue weighted by molar-refractivity contribution is 5.90. The Bertz CT molecular complexity index is 927. The van der Waals surface area contributed by atoms with Gasteiger partial charge in [-0.25, -0.2) is 0 Å². The van der Waals surface area contributed by atoms with Gasteiger partial charge in [0.15, 0.2) is 0 Å². The van der Waals surface area contributed by atoms with E-state index in [1.165, 1.54) is 11.1 Å². The van der Waals surface area contributed by atoms with E-state index in [9.17, 15) is 9.59 Å². The van der Waals surface area contributed by atoms with E-state index < -0.39 is 0 Å². The molecular formula is C23H28N2O3. The van der Waals surface area contributed by atoms with Gasteiger partial charge in [-0.15, -0.1) is 0 Å². The SMILES string of the molecule is CCCC1/C(=C\N2CCCC2=O)Cc2c([nH]c3ccccc23)C1C(=O)OCC. The van der Waals surface area contributed by atoms with Crippen LogP contribution in [0.4, 0.5) is 0 Å². The van der Waals surface area contributed by atoms with Crippen molar-refractivity contribution >= 4 is 22.8 Å². The van der Waals surface area contributed by atoms with Crippen molar-refractivity contribution in [3.8, 4) is 0 Å². The lowest BCUT2D eigenvalue weighted by Crippen LogP contribution is -2.32. The van der Waals surface area contributed by atoms with Crippen molar-refractivity contribution in [3.05, 3.63) is 47.3 Å². The number of benzene rings is 1. The number of aromatic amines is 1. The maximum absolute atomic E-state index is 13.0. The third-order valence-electron chi connectivity index (χ3n) is 5.99. The van der Waals surface area contributed by atoms with Crippen LogP contribution in [0.5, 0.6) is 0 Å². The molecule has 2 heterocycles. The topological polar surface area (TPSA) is 62.4 Å². The number of nitrogens with one attached hydrogen (secondary N) is 1. The maximum Gasteiger partial charge on any atom is 0.315 e. The molecule has 2 atom stereocenters. The molecule has 2 aliphatic rings. The van der Waals surface area contributed by atoms with E-state index in [1.807, 2.05) is 30.2 Å². The van der Waals surface area contributed by atoms with Gasteiger partial charge in [0.05, 0.1) is 6.61 Å². The Labute approximate surface area is 165 Å². The molecule has 5 heteroatoms. The Morgan fingerprint density at radius 3 is 2.86 bits per heavy atom. The summed E-state index contributed by atoms with van der Waals surface area (Å²) in [6, 6.07) is 8.19. The average Bonchev–Trinajstić information content (AvgIpc) is 3.25. The summed E-state index contributed by atoms with van der Waals surface area (Å²) in [6.07, 6.45) is 6.19. The fraction of sp³-hybridized carbons (Fsp3) is 0.478. The molecule has 2 unspecified atom stereocenters. The molecule has 0 bridgehead atoms. The van der Waals surface area contributed by atoms with Gasteiger partial charge in [-0.1, -0.05) is 31.5 Å². The lowest BCUT2D eigenvalue weighted by molar-refractivity contribution is -0.146. The number of H-pyrrole nitrogens is 1. The van der Waals surface area contributed by atoms with Crippen LogP contribution in [-0.4, -0.2) is 34.9 Å². The van der Waals surface area contributed by atoms with Crippen LogP contribution in [0.25, 0.3) is 10.9 Å². The lowest BCUT2D eigenvalue weighted by Gasteiger charge is -2.33. The third kappa shape index (κ3) is 3.23. The van der Waals surface area contributed by atoms with E-state index in [0.717, 1.165) is 48.8 Å². The minimum atomic E-state index is -0.347. The van der Waals surface area contributed by atoms with E-state index >= 15 is 0 Å². The van der Waals surface area contributed by atoms with Gasteiger partial charge in [0.1, 0.15) is 5.92 Å². The number of aromatic nitrogens is 1. The van der Waals surface area contributed by atoms with Crippen molar-refractivity contribution in [1.29, 1.82) is 0 Å². The number of allylic oxidation sites excluding steroid dienone is 1. The number of esters is 1. The second-order valence-electron chi connectivity index (χ2n) is 7.76. The molecule has 1 aromatic carbocycles. The molecule has 1 aliphatic heterocycles. The van der Waals surface area contributed by atoms with Gasteiger partial charge in [-0.2, -0.15) is 0 Å². The molecule has 0 saturated carbocycles. The lowest BCUT2D eigenvalue weighted by atomic mass is 9.72. The van der Waals surface area contributed by atoms with Crippen LogP contribution in [0.2, 0.25) is 0 Å². The van der Waals surface area contributed by atoms with Crippen molar-refractivity contribution in [2.75, 3.05) is 13.2 Å². The maximum atomic E-state index is 13.0. The molecule has 1 aromatic heterocycles. The van der Waals surface area contributed by atoms with Gasteiger partial charge in [-0.3, -0.25) is 9.59 Å². The molecule has 1 fully saturated rings. The first-order valence-corrected chi connectivity index (χ1v) is 10.4. The summed E-state index contributed by atoms with van der Waals surface area (Å²) < 4.78 is 5.48. The van der Waals surface area contributed by atoms with Gasteiger partial charge < -0.3 is 14.6 Å². The molecule has 4 rings (SSSR count). The first-order valence-electron chi connectivity index (χ1n) is 10.4. The molecule has 28 heavy (non-hydrogen) atoms. The quantitative estimate of drug-likeness (QED) is 0.787. The highest BCUT2D eigenvalue weighted by Gasteiger charge is 2.40. The van der Waals surface area contributed by atoms with Crippen LogP contribution in [0.1, 0.15) is 56.7 Å². The van der Waals surface area contributed by atoms with Crippen molar-refractivity contribution in [3.63, 3.8) is 0 Å². The first kappa shape index (κ1) is 18.8. The summed E-state index contributed by atoms with van der Waals surface area (Å²) in [7, 11) is 0. The summed E-state index contributed by atoms with van der Waals surface area (Å²) in [5.41, 5.74) is 4.38. The van der Waals surface area contributed by atoms with E-state index in [1.54, 1.807) is 0 Å². The largest absolute Gasteiger partial charge is 0.465 e. The Kier molecular flexibility index (Phi) is 5.25. The van der Waals surface area contributed by atoms with E-state index in [0.29, 0.717) is 13.0 Å². The monoisotopic (exact) mass is 380 g/mol. The van der Waals surface area contributed by atoms with Gasteiger partial charge in [0, 0.05) is 41.7 Å². The molecule has 2 aromatic rings. The highest BCUT2D eigenvalue weighted by Crippen LogP contribution is 2.45. The van der Waals surface area contributed by atoms with Crippen molar-refractivity contribution in [2.24, 2.45) is 5.92 Å². The predicted molar refractivity (Wildman–Crippen MR) is 109 cm³/mol. The van der Waals surface area contributed by atoms with Gasteiger partial charge in [0.2, 0.25) is 5.91 Å². The van der Waals surface area contributed by atoms with E-state index in [2.05, 4.69) is 24.0 Å². The number of carbonyl (C=O) groups is 2. The molecule has 1 amide bonds. The highest BCUT2D eigenvalue weighted by atomic mass is 16.5. The standard InChI is InChI=1S/C23H28N2O3/c1-3-8-16-15(14-25-12-7-11-20(25)26)13-18-17-9-5-6-10-19(17)24-22(18)21(16)23(27)28-4-2/h5-6,9-10,14,16,21,24H,3-4,7-8,11-13H2,1-2H3/b15-14-. The van der Waals surface area contributed by atoms with Crippen molar-refractivity contribution in [2.45, 2.75) is 51.9 Å². The molecule has 0 spiro atoms. The number of para-hydroxylation sites is 1. The van der Waals surface area contributed by atoms with E-state index in [-0.39, 0.29) is 23.7 Å². The second-order valence-corrected chi connectivity index (χ2v) is 7.76. The van der Waals surface area contributed by atoms with E-state index in [4.69, 9.17) is 4.74 Å².